The van der Waals surface area contributed by atoms with E-state index in [0.29, 0.717) is 11.7 Å². The Morgan fingerprint density at radius 2 is 1.59 bits per heavy atom. The van der Waals surface area contributed by atoms with Gasteiger partial charge in [0, 0.05) is 12.2 Å². The topological polar surface area (TPSA) is 44.8 Å². The maximum atomic E-state index is 12.0. The molecule has 8 heteroatoms. The van der Waals surface area contributed by atoms with Crippen LogP contribution in [0.4, 0.5) is 0 Å². The minimum Gasteiger partial charge on any atom is -0.417 e. The van der Waals surface area contributed by atoms with Gasteiger partial charge < -0.3 is 17.1 Å². The van der Waals surface area contributed by atoms with Crippen molar-refractivity contribution in [1.82, 2.24) is 0 Å². The molecule has 0 spiro atoms. The molecule has 0 aliphatic carbocycles. The fourth-order valence-corrected chi connectivity index (χ4v) is 18.3. The molecule has 0 aromatic carbocycles. The summed E-state index contributed by atoms with van der Waals surface area (Å²) in [6, 6.07) is 0.717. The lowest BCUT2D eigenvalue weighted by molar-refractivity contribution is 0.0810. The summed E-state index contributed by atoms with van der Waals surface area (Å²) in [5.41, 5.74) is -0.0766. The maximum Gasteiger partial charge on any atom is 0.477 e. The summed E-state index contributed by atoms with van der Waals surface area (Å²) in [5, 5.41) is 0. The zero-order valence-electron chi connectivity index (χ0n) is 15.6. The molecule has 0 saturated heterocycles. The summed E-state index contributed by atoms with van der Waals surface area (Å²) in [7, 11) is -8.47. The van der Waals surface area contributed by atoms with Crippen LogP contribution in [0, 0.1) is 12.3 Å². The van der Waals surface area contributed by atoms with Gasteiger partial charge in [-0.05, 0) is 52.6 Å². The van der Waals surface area contributed by atoms with E-state index in [1.807, 2.05) is 27.3 Å². The molecule has 128 valence electrons. The second-order valence-electron chi connectivity index (χ2n) is 7.76. The smallest absolute Gasteiger partial charge is 0.417 e. The van der Waals surface area contributed by atoms with Gasteiger partial charge in [-0.2, -0.15) is 0 Å². The Kier molecular flexibility index (Phi) is 7.82. The van der Waals surface area contributed by atoms with Gasteiger partial charge in [0.15, 0.2) is 16.6 Å². The third-order valence-corrected chi connectivity index (χ3v) is 17.0. The van der Waals surface area contributed by atoms with Crippen LogP contribution in [0.15, 0.2) is 0 Å². The number of terminal acetylenes is 1. The molecule has 0 radical (unpaired) electrons. The summed E-state index contributed by atoms with van der Waals surface area (Å²) in [6.45, 7) is 18.1. The van der Waals surface area contributed by atoms with E-state index in [1.165, 1.54) is 0 Å². The van der Waals surface area contributed by atoms with Crippen molar-refractivity contribution in [3.63, 3.8) is 0 Å². The number of rotatable bonds is 9. The molecule has 0 aliphatic rings. The van der Waals surface area contributed by atoms with Crippen molar-refractivity contribution in [1.29, 1.82) is 0 Å². The summed E-state index contributed by atoms with van der Waals surface area (Å²) in [5.74, 6) is 2.65. The first-order valence-electron chi connectivity index (χ1n) is 7.74. The van der Waals surface area contributed by atoms with E-state index in [9.17, 15) is 4.46 Å². The van der Waals surface area contributed by atoms with Crippen molar-refractivity contribution >= 4 is 34.1 Å². The minimum atomic E-state index is -2.90. The monoisotopic (exact) mass is 376 g/mol. The highest BCUT2D eigenvalue weighted by Crippen LogP contribution is 2.28. The lowest BCUT2D eigenvalue weighted by Gasteiger charge is -2.41. The van der Waals surface area contributed by atoms with Gasteiger partial charge in [-0.25, -0.2) is 0 Å². The Hall–Kier alpha value is 0.108. The van der Waals surface area contributed by atoms with Crippen molar-refractivity contribution < 1.29 is 17.1 Å². The fraction of sp³-hybridized carbons (Fsp3) is 0.857. The summed E-state index contributed by atoms with van der Waals surface area (Å²) >= 11 is 0. The molecule has 22 heavy (non-hydrogen) atoms. The van der Waals surface area contributed by atoms with Crippen LogP contribution in [0.25, 0.3) is 0 Å². The SMILES string of the molecule is C#CC(C)(C)O[Si](C)(O[Si](C)(C)C)O[Si](C)(C)C[Si](=O)CC. The van der Waals surface area contributed by atoms with Gasteiger partial charge in [-0.15, -0.1) is 6.42 Å². The van der Waals surface area contributed by atoms with Crippen LogP contribution in [0.5, 0.6) is 0 Å². The fourth-order valence-electron chi connectivity index (χ4n) is 2.25. The van der Waals surface area contributed by atoms with Crippen LogP contribution in [0.1, 0.15) is 20.8 Å². The lowest BCUT2D eigenvalue weighted by Crippen LogP contribution is -2.58. The van der Waals surface area contributed by atoms with Crippen molar-refractivity contribution in [2.75, 3.05) is 0 Å². The van der Waals surface area contributed by atoms with Crippen LogP contribution in [-0.2, 0) is 17.1 Å². The van der Waals surface area contributed by atoms with E-state index in [2.05, 4.69) is 38.7 Å². The van der Waals surface area contributed by atoms with Crippen LogP contribution in [0.3, 0.4) is 0 Å². The number of hydrogen-bond donors (Lipinski definition) is 0. The Morgan fingerprint density at radius 3 is 1.95 bits per heavy atom. The molecule has 0 saturated carbocycles. The average molecular weight is 377 g/mol. The van der Waals surface area contributed by atoms with Crippen LogP contribution >= 0.6 is 0 Å². The highest BCUT2D eigenvalue weighted by molar-refractivity contribution is 6.88. The van der Waals surface area contributed by atoms with Crippen molar-refractivity contribution in [2.45, 2.75) is 77.4 Å². The zero-order chi connectivity index (χ0) is 17.8. The van der Waals surface area contributed by atoms with Gasteiger partial charge >= 0.3 is 8.80 Å². The second-order valence-corrected chi connectivity index (χ2v) is 22.3. The Morgan fingerprint density at radius 1 is 1.09 bits per heavy atom. The lowest BCUT2D eigenvalue weighted by atomic mass is 10.2. The molecule has 4 nitrogen and oxygen atoms in total. The van der Waals surface area contributed by atoms with Gasteiger partial charge in [0.25, 0.3) is 8.68 Å². The summed E-state index contributed by atoms with van der Waals surface area (Å²) in [4.78, 5) is 0. The zero-order valence-corrected chi connectivity index (χ0v) is 19.6. The van der Waals surface area contributed by atoms with E-state index in [1.54, 1.807) is 0 Å². The van der Waals surface area contributed by atoms with Gasteiger partial charge in [0.05, 0.1) is 0 Å². The normalized spacial score (nSPS) is 16.0. The molecular formula is C14H32O4Si4. The van der Waals surface area contributed by atoms with Gasteiger partial charge in [0.1, 0.15) is 5.60 Å². The van der Waals surface area contributed by atoms with E-state index in [-0.39, 0.29) is 0 Å². The largest absolute Gasteiger partial charge is 0.477 e. The second kappa shape index (κ2) is 7.79. The van der Waals surface area contributed by atoms with Crippen LogP contribution in [-0.4, -0.2) is 39.7 Å². The molecule has 1 unspecified atom stereocenters. The third-order valence-electron chi connectivity index (χ3n) is 2.76. The van der Waals surface area contributed by atoms with E-state index >= 15 is 0 Å². The summed E-state index contributed by atoms with van der Waals surface area (Å²) < 4.78 is 30.8. The molecule has 0 aromatic heterocycles. The first-order valence-corrected chi connectivity index (χ1v) is 18.3. The van der Waals surface area contributed by atoms with Gasteiger partial charge in [-0.3, -0.25) is 0 Å². The van der Waals surface area contributed by atoms with Crippen LogP contribution in [0.2, 0.25) is 51.0 Å². The quantitative estimate of drug-likeness (QED) is 0.450. The average Bonchev–Trinajstić information content (AvgIpc) is 2.22. The highest BCUT2D eigenvalue weighted by atomic mass is 28.5. The molecule has 1 atom stereocenters. The molecular weight excluding hydrogens is 344 g/mol. The van der Waals surface area contributed by atoms with Crippen LogP contribution < -0.4 is 0 Å². The van der Waals surface area contributed by atoms with E-state index in [4.69, 9.17) is 19.1 Å². The first-order chi connectivity index (χ1) is 9.64. The highest BCUT2D eigenvalue weighted by Gasteiger charge is 2.47. The van der Waals surface area contributed by atoms with E-state index < -0.39 is 39.7 Å². The molecule has 0 heterocycles. The predicted molar refractivity (Wildman–Crippen MR) is 100 cm³/mol. The number of hydrogen-bond acceptors (Lipinski definition) is 4. The maximum absolute atomic E-state index is 12.0. The van der Waals surface area contributed by atoms with E-state index in [0.717, 1.165) is 0 Å². The molecule has 0 N–H and O–H groups in total. The summed E-state index contributed by atoms with van der Waals surface area (Å²) in [6.07, 6.45) is 5.56. The molecule has 0 rings (SSSR count). The molecule has 0 fully saturated rings. The molecule has 0 bridgehead atoms. The Bertz CT molecular complexity index is 437. The van der Waals surface area contributed by atoms with Crippen molar-refractivity contribution in [3.8, 4) is 12.3 Å². The van der Waals surface area contributed by atoms with Gasteiger partial charge in [-0.1, -0.05) is 12.8 Å². The first kappa shape index (κ1) is 22.1. The Balaban J connectivity index is 5.33. The Labute approximate surface area is 141 Å². The minimum absolute atomic E-state index is 0.658. The standard InChI is InChI=1S/C14H32O4Si4/c1-11-14(3,4)16-22(10,17-20(5,6)7)18-21(8,9)13-19(15)12-2/h1H,12-13H2,2-10H3. The molecule has 0 aromatic rings. The molecule has 0 aliphatic heterocycles. The third kappa shape index (κ3) is 9.29. The van der Waals surface area contributed by atoms with Crippen molar-refractivity contribution in [2.24, 2.45) is 0 Å². The molecule has 0 amide bonds. The predicted octanol–water partition coefficient (Wildman–Crippen LogP) is 4.04. The van der Waals surface area contributed by atoms with Crippen molar-refractivity contribution in [3.05, 3.63) is 0 Å². The van der Waals surface area contributed by atoms with Gasteiger partial charge in [0.2, 0.25) is 0 Å².